The average Bonchev–Trinajstić information content (AvgIpc) is 3.23. The molecule has 1 aliphatic rings. The van der Waals surface area contributed by atoms with Gasteiger partial charge in [0.2, 0.25) is 5.91 Å². The van der Waals surface area contributed by atoms with E-state index in [1.54, 1.807) is 38.4 Å². The molecule has 3 aromatic rings. The third-order valence-corrected chi connectivity index (χ3v) is 5.88. The van der Waals surface area contributed by atoms with Crippen molar-refractivity contribution in [3.05, 3.63) is 54.1 Å². The molecule has 1 amide bonds. The van der Waals surface area contributed by atoms with Crippen molar-refractivity contribution in [3.63, 3.8) is 0 Å². The number of carbonyl (C=O) groups excluding carboxylic acids is 1. The first-order chi connectivity index (χ1) is 15.4. The molecule has 0 unspecified atom stereocenters. The first-order valence-corrected chi connectivity index (χ1v) is 10.5. The van der Waals surface area contributed by atoms with Crippen LogP contribution < -0.4 is 4.74 Å². The smallest absolute Gasteiger partial charge is 0.236 e. The summed E-state index contributed by atoms with van der Waals surface area (Å²) < 4.78 is 19.4. The number of nitrogens with zero attached hydrogens (tertiary/aromatic N) is 3. The largest absolute Gasteiger partial charge is 0.496 e. The summed E-state index contributed by atoms with van der Waals surface area (Å²) in [7, 11) is 5.01. The number of hydrogen-bond donors (Lipinski definition) is 2. The summed E-state index contributed by atoms with van der Waals surface area (Å²) in [6, 6.07) is 8.05. The topological polar surface area (TPSA) is 81.7 Å². The van der Waals surface area contributed by atoms with Crippen LogP contribution in [0.4, 0.5) is 4.39 Å². The highest BCUT2D eigenvalue weighted by molar-refractivity contribution is 5.96. The Balaban J connectivity index is 1.70. The first-order valence-electron chi connectivity index (χ1n) is 10.5. The van der Waals surface area contributed by atoms with Crippen molar-refractivity contribution in [1.82, 2.24) is 19.8 Å². The Morgan fingerprint density at radius 3 is 2.84 bits per heavy atom. The Morgan fingerprint density at radius 1 is 1.31 bits per heavy atom. The number of carbonyl (C=O) groups is 1. The van der Waals surface area contributed by atoms with E-state index in [1.165, 1.54) is 12.1 Å². The normalized spacial score (nSPS) is 16.8. The molecule has 0 aliphatic carbocycles. The lowest BCUT2D eigenvalue weighted by molar-refractivity contribution is -0.130. The van der Waals surface area contributed by atoms with Crippen molar-refractivity contribution in [3.8, 4) is 16.9 Å². The molecule has 32 heavy (non-hydrogen) atoms. The van der Waals surface area contributed by atoms with Crippen LogP contribution in [0.15, 0.2) is 42.6 Å². The minimum atomic E-state index is -0.338. The molecule has 168 valence electrons. The maximum Gasteiger partial charge on any atom is 0.236 e. The number of ether oxygens (including phenoxy) is 1. The van der Waals surface area contributed by atoms with Crippen LogP contribution in [0.25, 0.3) is 27.7 Å². The third kappa shape index (κ3) is 4.24. The quantitative estimate of drug-likeness (QED) is 0.619. The molecule has 3 heterocycles. The Bertz CT molecular complexity index is 1170. The van der Waals surface area contributed by atoms with Gasteiger partial charge in [-0.15, -0.1) is 0 Å². The Labute approximate surface area is 186 Å². The van der Waals surface area contributed by atoms with E-state index in [0.717, 1.165) is 28.6 Å². The zero-order valence-corrected chi connectivity index (χ0v) is 18.4. The molecule has 0 saturated carbocycles. The van der Waals surface area contributed by atoms with Crippen molar-refractivity contribution in [2.24, 2.45) is 0 Å². The molecule has 0 fully saturated rings. The predicted octanol–water partition coefficient (Wildman–Crippen LogP) is 2.92. The van der Waals surface area contributed by atoms with Crippen LogP contribution in [-0.2, 0) is 4.79 Å². The van der Waals surface area contributed by atoms with Crippen LogP contribution in [-0.4, -0.2) is 77.7 Å². The van der Waals surface area contributed by atoms with Crippen LogP contribution in [0.3, 0.4) is 0 Å². The van der Waals surface area contributed by atoms with Crippen molar-refractivity contribution < 1.29 is 19.0 Å². The minimum absolute atomic E-state index is 0.00351. The fraction of sp³-hybridized carbons (Fsp3) is 0.333. The van der Waals surface area contributed by atoms with E-state index in [-0.39, 0.29) is 30.9 Å². The summed E-state index contributed by atoms with van der Waals surface area (Å²) in [4.78, 5) is 23.5. The fourth-order valence-electron chi connectivity index (χ4n) is 4.08. The van der Waals surface area contributed by atoms with Gasteiger partial charge in [0, 0.05) is 43.5 Å². The van der Waals surface area contributed by atoms with Crippen LogP contribution in [0, 0.1) is 5.82 Å². The number of hydrogen-bond acceptors (Lipinski definition) is 5. The number of aromatic nitrogens is 2. The lowest BCUT2D eigenvalue weighted by Gasteiger charge is -2.33. The number of rotatable bonds is 6. The second kappa shape index (κ2) is 9.10. The lowest BCUT2D eigenvalue weighted by Crippen LogP contribution is -2.45. The Kier molecular flexibility index (Phi) is 6.25. The summed E-state index contributed by atoms with van der Waals surface area (Å²) in [6.45, 7) is 0.845. The molecule has 2 aromatic heterocycles. The molecule has 2 N–H and O–H groups in total. The van der Waals surface area contributed by atoms with Gasteiger partial charge in [0.25, 0.3) is 0 Å². The number of halogens is 1. The van der Waals surface area contributed by atoms with Gasteiger partial charge < -0.3 is 19.7 Å². The number of aliphatic hydroxyl groups is 1. The van der Waals surface area contributed by atoms with E-state index in [1.807, 2.05) is 23.1 Å². The van der Waals surface area contributed by atoms with Crippen molar-refractivity contribution >= 4 is 22.5 Å². The Morgan fingerprint density at radius 2 is 2.12 bits per heavy atom. The number of benzene rings is 1. The molecule has 8 heteroatoms. The maximum atomic E-state index is 14.0. The number of pyridine rings is 1. The van der Waals surface area contributed by atoms with Crippen LogP contribution >= 0.6 is 0 Å². The van der Waals surface area contributed by atoms with Crippen LogP contribution in [0.2, 0.25) is 0 Å². The molecule has 0 saturated heterocycles. The molecule has 0 radical (unpaired) electrons. The zero-order chi connectivity index (χ0) is 22.8. The highest BCUT2D eigenvalue weighted by Crippen LogP contribution is 2.36. The molecule has 7 nitrogen and oxygen atoms in total. The SMILES string of the molecule is COc1ccc(F)cc1-c1ccnc2[nH]c(C3=C[C@@H](CO)N(CC(=O)N(C)C)CC3)cc12. The second-order valence-electron chi connectivity index (χ2n) is 8.10. The first kappa shape index (κ1) is 22.0. The average molecular weight is 439 g/mol. The van der Waals surface area contributed by atoms with Gasteiger partial charge in [-0.1, -0.05) is 6.08 Å². The highest BCUT2D eigenvalue weighted by Gasteiger charge is 2.25. The lowest BCUT2D eigenvalue weighted by atomic mass is 9.98. The highest BCUT2D eigenvalue weighted by atomic mass is 19.1. The number of methoxy groups -OCH3 is 1. The molecular formula is C24H27FN4O3. The summed E-state index contributed by atoms with van der Waals surface area (Å²) in [5.74, 6) is 0.249. The number of likely N-dealkylation sites (N-methyl/N-ethyl adjacent to an activating group) is 1. The van der Waals surface area contributed by atoms with Gasteiger partial charge in [-0.3, -0.25) is 9.69 Å². The van der Waals surface area contributed by atoms with Crippen molar-refractivity contribution in [2.45, 2.75) is 12.5 Å². The Hall–Kier alpha value is -3.23. The molecule has 1 atom stereocenters. The molecule has 1 aliphatic heterocycles. The van der Waals surface area contributed by atoms with E-state index in [2.05, 4.69) is 9.97 Å². The van der Waals surface area contributed by atoms with Crippen LogP contribution in [0.5, 0.6) is 5.75 Å². The summed E-state index contributed by atoms with van der Waals surface area (Å²) in [5, 5.41) is 10.8. The standard InChI is InChI=1S/C24H27FN4O3/c1-28(2)23(31)13-29-9-7-15(10-17(29)14-30)21-12-20-18(6-8-26-24(20)27-21)19-11-16(25)4-5-22(19)32-3/h4-6,8,10-12,17,30H,7,9,13-14H2,1-3H3,(H,26,27)/t17-/m0/s1. The summed E-state index contributed by atoms with van der Waals surface area (Å²) >= 11 is 0. The van der Waals surface area contributed by atoms with E-state index >= 15 is 0 Å². The second-order valence-corrected chi connectivity index (χ2v) is 8.10. The monoisotopic (exact) mass is 438 g/mol. The van der Waals surface area contributed by atoms with Crippen LogP contribution in [0.1, 0.15) is 12.1 Å². The number of aliphatic hydroxyl groups excluding tert-OH is 1. The minimum Gasteiger partial charge on any atom is -0.496 e. The molecule has 1 aromatic carbocycles. The molecular weight excluding hydrogens is 411 g/mol. The van der Waals surface area contributed by atoms with Gasteiger partial charge in [-0.05, 0) is 47.9 Å². The van der Waals surface area contributed by atoms with Gasteiger partial charge in [0.15, 0.2) is 0 Å². The van der Waals surface area contributed by atoms with Gasteiger partial charge in [-0.25, -0.2) is 9.37 Å². The number of fused-ring (bicyclic) bond motifs is 1. The van der Waals surface area contributed by atoms with Crippen molar-refractivity contribution in [2.75, 3.05) is 40.9 Å². The predicted molar refractivity (Wildman–Crippen MR) is 122 cm³/mol. The zero-order valence-electron chi connectivity index (χ0n) is 18.4. The molecule has 0 spiro atoms. The number of H-pyrrole nitrogens is 1. The summed E-state index contributed by atoms with van der Waals surface area (Å²) in [5.41, 5.74) is 4.11. The molecule has 0 bridgehead atoms. The number of amides is 1. The third-order valence-electron chi connectivity index (χ3n) is 5.88. The van der Waals surface area contributed by atoms with E-state index in [9.17, 15) is 14.3 Å². The van der Waals surface area contributed by atoms with Gasteiger partial charge in [-0.2, -0.15) is 0 Å². The van der Waals surface area contributed by atoms with Crippen molar-refractivity contribution in [1.29, 1.82) is 0 Å². The van der Waals surface area contributed by atoms with E-state index in [0.29, 0.717) is 23.5 Å². The number of aromatic amines is 1. The van der Waals surface area contributed by atoms with Gasteiger partial charge >= 0.3 is 0 Å². The maximum absolute atomic E-state index is 14.0. The van der Waals surface area contributed by atoms with E-state index in [4.69, 9.17) is 4.74 Å². The van der Waals surface area contributed by atoms with E-state index < -0.39 is 0 Å². The molecule has 4 rings (SSSR count). The summed E-state index contributed by atoms with van der Waals surface area (Å²) in [6.07, 6.45) is 4.41. The fourth-order valence-corrected chi connectivity index (χ4v) is 4.08. The van der Waals surface area contributed by atoms with Gasteiger partial charge in [0.1, 0.15) is 17.2 Å². The number of nitrogens with one attached hydrogen (secondary N) is 1. The van der Waals surface area contributed by atoms with Gasteiger partial charge in [0.05, 0.1) is 26.3 Å².